The van der Waals surface area contributed by atoms with Crippen molar-refractivity contribution in [3.63, 3.8) is 0 Å². The fourth-order valence-electron chi connectivity index (χ4n) is 1.82. The molecule has 98 valence electrons. The molecule has 4 aromatic rings. The van der Waals surface area contributed by atoms with Crippen LogP contribution in [0.2, 0.25) is 0 Å². The highest BCUT2D eigenvalue weighted by molar-refractivity contribution is 7.00. The van der Waals surface area contributed by atoms with Crippen LogP contribution in [0.5, 0.6) is 0 Å². The van der Waals surface area contributed by atoms with Crippen LogP contribution in [0.3, 0.4) is 0 Å². The van der Waals surface area contributed by atoms with Gasteiger partial charge in [-0.3, -0.25) is 4.98 Å². The van der Waals surface area contributed by atoms with Gasteiger partial charge < -0.3 is 0 Å². The molecule has 3 heterocycles. The molecule has 0 unspecified atom stereocenters. The molecule has 9 heteroatoms. The van der Waals surface area contributed by atoms with E-state index in [0.717, 1.165) is 16.7 Å². The lowest BCUT2D eigenvalue weighted by Crippen LogP contribution is -2.04. The molecule has 0 atom stereocenters. The summed E-state index contributed by atoms with van der Waals surface area (Å²) in [6, 6.07) is 5.55. The van der Waals surface area contributed by atoms with Gasteiger partial charge in [-0.25, -0.2) is 8.93 Å². The first-order valence-electron chi connectivity index (χ1n) is 5.66. The summed E-state index contributed by atoms with van der Waals surface area (Å²) in [5.41, 5.74) is 3.00. The molecule has 20 heavy (non-hydrogen) atoms. The highest BCUT2D eigenvalue weighted by Gasteiger charge is 2.14. The Balaban J connectivity index is 1.79. The maximum Gasteiger partial charge on any atom is 0.265 e. The highest BCUT2D eigenvalue weighted by atomic mass is 35.5. The first kappa shape index (κ1) is 11.5. The van der Waals surface area contributed by atoms with Gasteiger partial charge in [-0.1, -0.05) is 0 Å². The number of benzene rings is 1. The van der Waals surface area contributed by atoms with E-state index in [2.05, 4.69) is 23.8 Å². The highest BCUT2D eigenvalue weighted by Crippen LogP contribution is 2.27. The molecule has 0 saturated carbocycles. The van der Waals surface area contributed by atoms with Crippen LogP contribution in [0.1, 0.15) is 0 Å². The summed E-state index contributed by atoms with van der Waals surface area (Å²) in [5.74, 6) is 0.377. The third kappa shape index (κ3) is 1.77. The third-order valence-corrected chi connectivity index (χ3v) is 3.67. The maximum atomic E-state index is 6.30. The number of halogens is 1. The van der Waals surface area contributed by atoms with Gasteiger partial charge in [0, 0.05) is 24.2 Å². The van der Waals surface area contributed by atoms with Crippen molar-refractivity contribution >= 4 is 51.8 Å². The first-order chi connectivity index (χ1) is 9.81. The first-order valence-corrected chi connectivity index (χ1v) is 6.73. The Hall–Kier alpha value is -2.32. The smallest absolute Gasteiger partial charge is 0.259 e. The summed E-state index contributed by atoms with van der Waals surface area (Å²) in [6.45, 7) is 0. The van der Waals surface area contributed by atoms with E-state index in [0.29, 0.717) is 11.6 Å². The predicted octanol–water partition coefficient (Wildman–Crippen LogP) is 2.42. The lowest BCUT2D eigenvalue weighted by Gasteiger charge is -2.10. The van der Waals surface area contributed by atoms with Gasteiger partial charge in [-0.15, -0.1) is 5.10 Å². The molecule has 0 fully saturated rings. The van der Waals surface area contributed by atoms with Crippen molar-refractivity contribution in [3.8, 4) is 0 Å². The van der Waals surface area contributed by atoms with E-state index in [1.54, 1.807) is 23.1 Å². The van der Waals surface area contributed by atoms with E-state index < -0.39 is 0 Å². The zero-order valence-electron chi connectivity index (χ0n) is 9.88. The van der Waals surface area contributed by atoms with E-state index in [1.165, 1.54) is 16.1 Å². The number of anilines is 2. The largest absolute Gasteiger partial charge is 0.265 e. The lowest BCUT2D eigenvalue weighted by atomic mass is 10.3. The van der Waals surface area contributed by atoms with Gasteiger partial charge in [0.15, 0.2) is 5.65 Å². The van der Waals surface area contributed by atoms with E-state index in [9.17, 15) is 0 Å². The second-order valence-corrected chi connectivity index (χ2v) is 4.88. The van der Waals surface area contributed by atoms with Crippen LogP contribution < -0.4 is 4.42 Å². The monoisotopic (exact) mass is 303 g/mol. The quantitative estimate of drug-likeness (QED) is 0.530. The van der Waals surface area contributed by atoms with Crippen molar-refractivity contribution < 1.29 is 0 Å². The fourth-order valence-corrected chi connectivity index (χ4v) is 2.52. The number of aromatic nitrogens is 6. The SMILES string of the molecule is ClN(c1ccc2nsnc2c1)c1nc2cnccn2n1. The van der Waals surface area contributed by atoms with Gasteiger partial charge in [0.05, 0.1) is 23.6 Å². The summed E-state index contributed by atoms with van der Waals surface area (Å²) in [4.78, 5) is 8.30. The molecular weight excluding hydrogens is 298 g/mol. The topological polar surface area (TPSA) is 72.1 Å². The number of hydrogen-bond acceptors (Lipinski definition) is 7. The van der Waals surface area contributed by atoms with Crippen LogP contribution in [0, 0.1) is 0 Å². The Kier molecular flexibility index (Phi) is 2.51. The molecule has 0 amide bonds. The molecule has 0 spiro atoms. The Morgan fingerprint density at radius 2 is 2.10 bits per heavy atom. The van der Waals surface area contributed by atoms with Crippen molar-refractivity contribution in [3.05, 3.63) is 36.8 Å². The summed E-state index contributed by atoms with van der Waals surface area (Å²) >= 11 is 7.47. The van der Waals surface area contributed by atoms with E-state index in [1.807, 2.05) is 18.2 Å². The van der Waals surface area contributed by atoms with Crippen LogP contribution in [0.4, 0.5) is 11.6 Å². The zero-order valence-corrected chi connectivity index (χ0v) is 11.5. The predicted molar refractivity (Wildman–Crippen MR) is 76.2 cm³/mol. The van der Waals surface area contributed by atoms with E-state index >= 15 is 0 Å². The molecule has 0 bridgehead atoms. The average molecular weight is 304 g/mol. The third-order valence-electron chi connectivity index (χ3n) is 2.77. The van der Waals surface area contributed by atoms with E-state index in [4.69, 9.17) is 11.8 Å². The fraction of sp³-hybridized carbons (Fsp3) is 0. The van der Waals surface area contributed by atoms with Gasteiger partial charge in [-0.2, -0.15) is 13.7 Å². The van der Waals surface area contributed by atoms with E-state index in [-0.39, 0.29) is 0 Å². The van der Waals surface area contributed by atoms with Crippen molar-refractivity contribution in [1.82, 2.24) is 28.3 Å². The number of hydrogen-bond donors (Lipinski definition) is 0. The molecule has 0 aliphatic heterocycles. The van der Waals surface area contributed by atoms with Gasteiger partial charge >= 0.3 is 0 Å². The molecule has 0 aliphatic carbocycles. The molecule has 1 aromatic carbocycles. The molecule has 0 radical (unpaired) electrons. The van der Waals surface area contributed by atoms with Crippen LogP contribution in [-0.2, 0) is 0 Å². The summed E-state index contributed by atoms with van der Waals surface area (Å²) in [6.07, 6.45) is 4.97. The summed E-state index contributed by atoms with van der Waals surface area (Å²) in [5, 5.41) is 4.28. The minimum absolute atomic E-state index is 0.377. The Labute approximate surface area is 121 Å². The Bertz CT molecular complexity index is 867. The molecule has 3 aromatic heterocycles. The maximum absolute atomic E-state index is 6.30. The summed E-state index contributed by atoms with van der Waals surface area (Å²) < 4.78 is 11.3. The molecule has 7 nitrogen and oxygen atoms in total. The second-order valence-electron chi connectivity index (χ2n) is 4.01. The Morgan fingerprint density at radius 3 is 3.00 bits per heavy atom. The normalized spacial score (nSPS) is 11.2. The van der Waals surface area contributed by atoms with Crippen molar-refractivity contribution in [2.75, 3.05) is 4.42 Å². The van der Waals surface area contributed by atoms with Gasteiger partial charge in [-0.05, 0) is 18.2 Å². The minimum Gasteiger partial charge on any atom is -0.259 e. The number of rotatable bonds is 2. The number of fused-ring (bicyclic) bond motifs is 2. The van der Waals surface area contributed by atoms with Gasteiger partial charge in [0.2, 0.25) is 0 Å². The van der Waals surface area contributed by atoms with Gasteiger partial charge in [0.25, 0.3) is 5.95 Å². The van der Waals surface area contributed by atoms with Crippen LogP contribution in [-0.4, -0.2) is 28.3 Å². The van der Waals surface area contributed by atoms with Crippen LogP contribution in [0.15, 0.2) is 36.8 Å². The zero-order chi connectivity index (χ0) is 13.5. The molecule has 0 saturated heterocycles. The molecular formula is C11H6ClN7S. The average Bonchev–Trinajstić information content (AvgIpc) is 3.11. The minimum atomic E-state index is 0.377. The Morgan fingerprint density at radius 1 is 1.20 bits per heavy atom. The summed E-state index contributed by atoms with van der Waals surface area (Å²) in [7, 11) is 0. The lowest BCUT2D eigenvalue weighted by molar-refractivity contribution is 0.943. The molecule has 4 rings (SSSR count). The van der Waals surface area contributed by atoms with Crippen LogP contribution in [0.25, 0.3) is 16.7 Å². The van der Waals surface area contributed by atoms with Crippen molar-refractivity contribution in [2.45, 2.75) is 0 Å². The van der Waals surface area contributed by atoms with Crippen molar-refractivity contribution in [1.29, 1.82) is 0 Å². The molecule has 0 aliphatic rings. The van der Waals surface area contributed by atoms with Crippen molar-refractivity contribution in [2.24, 2.45) is 0 Å². The number of nitrogens with zero attached hydrogens (tertiary/aromatic N) is 7. The van der Waals surface area contributed by atoms with Crippen LogP contribution >= 0.6 is 23.5 Å². The van der Waals surface area contributed by atoms with Gasteiger partial charge in [0.1, 0.15) is 11.0 Å². The second kappa shape index (κ2) is 4.36. The standard InChI is InChI=1S/C11H6ClN7S/c12-19(7-1-2-8-9(5-7)17-20-16-8)11-14-10-6-13-3-4-18(10)15-11/h1-6H. The molecule has 0 N–H and O–H groups in total.